The molecule has 2 heterocycles. The van der Waals surface area contributed by atoms with Crippen LogP contribution in [0.2, 0.25) is 0 Å². The number of thiophene rings is 1. The smallest absolute Gasteiger partial charge is 0.307 e. The van der Waals surface area contributed by atoms with E-state index < -0.39 is 0 Å². The second kappa shape index (κ2) is 5.14. The highest BCUT2D eigenvalue weighted by Crippen LogP contribution is 2.09. The minimum atomic E-state index is 0.00200. The number of aryl methyl sites for hydroxylation is 1. The van der Waals surface area contributed by atoms with Gasteiger partial charge in [-0.15, -0.1) is 11.3 Å². The van der Waals surface area contributed by atoms with E-state index in [1.807, 2.05) is 30.9 Å². The molecule has 0 saturated heterocycles. The van der Waals surface area contributed by atoms with Gasteiger partial charge in [0, 0.05) is 18.5 Å². The maximum atomic E-state index is 12.0. The van der Waals surface area contributed by atoms with Gasteiger partial charge in [-0.2, -0.15) is 4.57 Å². The molecule has 2 rings (SSSR count). The lowest BCUT2D eigenvalue weighted by Gasteiger charge is -2.12. The number of hydrogen-bond donors (Lipinski definition) is 0. The molecular formula is C12H16N3OS+. The minimum Gasteiger partial charge on any atom is -0.307 e. The van der Waals surface area contributed by atoms with Crippen molar-refractivity contribution < 1.29 is 9.36 Å². The molecule has 0 saturated carbocycles. The Kier molecular flexibility index (Phi) is 3.58. The molecule has 0 bridgehead atoms. The highest BCUT2D eigenvalue weighted by molar-refractivity contribution is 7.09. The first-order valence-electron chi connectivity index (χ1n) is 5.48. The number of nitrogens with zero attached hydrogens (tertiary/aromatic N) is 3. The minimum absolute atomic E-state index is 0.00200. The first-order valence-corrected chi connectivity index (χ1v) is 6.36. The third kappa shape index (κ3) is 2.94. The van der Waals surface area contributed by atoms with E-state index in [9.17, 15) is 4.79 Å². The van der Waals surface area contributed by atoms with Crippen LogP contribution < -0.4 is 4.57 Å². The average molecular weight is 250 g/mol. The van der Waals surface area contributed by atoms with Crippen LogP contribution in [0.4, 0.5) is 4.79 Å². The van der Waals surface area contributed by atoms with E-state index in [0.29, 0.717) is 0 Å². The van der Waals surface area contributed by atoms with Crippen molar-refractivity contribution in [1.29, 1.82) is 0 Å². The van der Waals surface area contributed by atoms with Gasteiger partial charge in [0.15, 0.2) is 0 Å². The first kappa shape index (κ1) is 11.9. The van der Waals surface area contributed by atoms with Crippen molar-refractivity contribution in [2.75, 3.05) is 13.6 Å². The Bertz CT molecular complexity index is 490. The summed E-state index contributed by atoms with van der Waals surface area (Å²) in [4.78, 5) is 15.0. The number of carbonyl (C=O) groups is 1. The zero-order valence-electron chi connectivity index (χ0n) is 10.0. The molecule has 0 radical (unpaired) electrons. The van der Waals surface area contributed by atoms with Crippen LogP contribution in [-0.2, 0) is 13.5 Å². The lowest BCUT2D eigenvalue weighted by atomic mass is 10.3. The van der Waals surface area contributed by atoms with Crippen LogP contribution >= 0.6 is 11.3 Å². The van der Waals surface area contributed by atoms with Gasteiger partial charge in [0.25, 0.3) is 6.33 Å². The second-order valence-electron chi connectivity index (χ2n) is 4.02. The van der Waals surface area contributed by atoms with Gasteiger partial charge in [-0.05, 0) is 17.9 Å². The zero-order chi connectivity index (χ0) is 12.3. The summed E-state index contributed by atoms with van der Waals surface area (Å²) in [5.41, 5.74) is 0. The van der Waals surface area contributed by atoms with Gasteiger partial charge in [0.1, 0.15) is 12.4 Å². The van der Waals surface area contributed by atoms with E-state index in [0.717, 1.165) is 13.0 Å². The third-order valence-electron chi connectivity index (χ3n) is 2.59. The monoisotopic (exact) mass is 250 g/mol. The standard InChI is InChI=1S/C12H16N3OS/c1-13-7-8-15(10-13)12(16)14(2)6-5-11-4-3-9-17-11/h3-4,7-10H,5-6H2,1-2H3/q+1. The third-order valence-corrected chi connectivity index (χ3v) is 3.53. The fraction of sp³-hybridized carbons (Fsp3) is 0.333. The summed E-state index contributed by atoms with van der Waals surface area (Å²) in [5, 5.41) is 2.06. The predicted molar refractivity (Wildman–Crippen MR) is 67.1 cm³/mol. The topological polar surface area (TPSA) is 29.1 Å². The summed E-state index contributed by atoms with van der Waals surface area (Å²) in [5.74, 6) is 0. The van der Waals surface area contributed by atoms with Gasteiger partial charge in [-0.3, -0.25) is 0 Å². The van der Waals surface area contributed by atoms with E-state index in [1.165, 1.54) is 4.88 Å². The molecule has 0 aliphatic rings. The van der Waals surface area contributed by atoms with Crippen LogP contribution in [0, 0.1) is 0 Å². The molecule has 0 spiro atoms. The number of amides is 1. The summed E-state index contributed by atoms with van der Waals surface area (Å²) in [6, 6.07) is 4.13. The molecule has 90 valence electrons. The van der Waals surface area contributed by atoms with Gasteiger partial charge < -0.3 is 4.90 Å². The fourth-order valence-electron chi connectivity index (χ4n) is 1.59. The Morgan fingerprint density at radius 1 is 1.59 bits per heavy atom. The lowest BCUT2D eigenvalue weighted by molar-refractivity contribution is -0.670. The van der Waals surface area contributed by atoms with E-state index >= 15 is 0 Å². The lowest BCUT2D eigenvalue weighted by Crippen LogP contribution is -2.33. The molecule has 4 nitrogen and oxygen atoms in total. The molecule has 0 aliphatic carbocycles. The molecule has 0 aromatic carbocycles. The van der Waals surface area contributed by atoms with Crippen molar-refractivity contribution in [2.45, 2.75) is 6.42 Å². The molecule has 17 heavy (non-hydrogen) atoms. The van der Waals surface area contributed by atoms with Crippen molar-refractivity contribution in [3.8, 4) is 0 Å². The van der Waals surface area contributed by atoms with Gasteiger partial charge >= 0.3 is 6.03 Å². The largest absolute Gasteiger partial charge is 0.415 e. The number of aromatic nitrogens is 2. The van der Waals surface area contributed by atoms with Crippen LogP contribution in [0.15, 0.2) is 36.2 Å². The zero-order valence-corrected chi connectivity index (χ0v) is 10.9. The molecule has 0 unspecified atom stereocenters. The molecule has 5 heteroatoms. The van der Waals surface area contributed by atoms with Gasteiger partial charge in [-0.25, -0.2) is 9.36 Å². The number of imidazole rings is 1. The summed E-state index contributed by atoms with van der Waals surface area (Å²) >= 11 is 1.73. The summed E-state index contributed by atoms with van der Waals surface area (Å²) in [6.45, 7) is 0.737. The Morgan fingerprint density at radius 3 is 3.00 bits per heavy atom. The van der Waals surface area contributed by atoms with Crippen LogP contribution in [0.25, 0.3) is 0 Å². The Labute approximate surface area is 105 Å². The van der Waals surface area contributed by atoms with Gasteiger partial charge in [0.05, 0.1) is 7.05 Å². The Hall–Kier alpha value is -1.62. The highest BCUT2D eigenvalue weighted by Gasteiger charge is 2.16. The summed E-state index contributed by atoms with van der Waals surface area (Å²) < 4.78 is 3.44. The van der Waals surface area contributed by atoms with Crippen molar-refractivity contribution in [3.63, 3.8) is 0 Å². The summed E-state index contributed by atoms with van der Waals surface area (Å²) in [7, 11) is 3.73. The van der Waals surface area contributed by atoms with E-state index in [2.05, 4.69) is 11.4 Å². The molecule has 0 N–H and O–H groups in total. The predicted octanol–water partition coefficient (Wildman–Crippen LogP) is 1.52. The van der Waals surface area contributed by atoms with Gasteiger partial charge in [-0.1, -0.05) is 6.07 Å². The number of rotatable bonds is 3. The molecule has 1 amide bonds. The Morgan fingerprint density at radius 2 is 2.41 bits per heavy atom. The number of carbonyl (C=O) groups excluding carboxylic acids is 1. The van der Waals surface area contributed by atoms with E-state index in [4.69, 9.17) is 0 Å². The normalized spacial score (nSPS) is 10.5. The second-order valence-corrected chi connectivity index (χ2v) is 5.05. The molecule has 0 atom stereocenters. The average Bonchev–Trinajstić information content (AvgIpc) is 2.95. The van der Waals surface area contributed by atoms with Crippen molar-refractivity contribution in [1.82, 2.24) is 9.47 Å². The van der Waals surface area contributed by atoms with Crippen molar-refractivity contribution in [2.24, 2.45) is 7.05 Å². The van der Waals surface area contributed by atoms with E-state index in [-0.39, 0.29) is 6.03 Å². The maximum absolute atomic E-state index is 12.0. The number of hydrogen-bond acceptors (Lipinski definition) is 2. The van der Waals surface area contributed by atoms with Crippen LogP contribution in [0.5, 0.6) is 0 Å². The summed E-state index contributed by atoms with van der Waals surface area (Å²) in [6.07, 6.45) is 6.30. The van der Waals surface area contributed by atoms with Crippen molar-refractivity contribution >= 4 is 17.4 Å². The highest BCUT2D eigenvalue weighted by atomic mass is 32.1. The quantitative estimate of drug-likeness (QED) is 0.759. The molecule has 2 aromatic heterocycles. The molecular weight excluding hydrogens is 234 g/mol. The SMILES string of the molecule is CN(CCc1cccs1)C(=O)n1cc[n+](C)c1. The molecule has 0 fully saturated rings. The molecule has 2 aromatic rings. The van der Waals surface area contributed by atoms with Crippen LogP contribution in [-0.4, -0.2) is 29.1 Å². The van der Waals surface area contributed by atoms with Gasteiger partial charge in [0.2, 0.25) is 0 Å². The Balaban J connectivity index is 1.91. The number of likely N-dealkylation sites (N-methyl/N-ethyl adjacent to an activating group) is 1. The van der Waals surface area contributed by atoms with Crippen molar-refractivity contribution in [3.05, 3.63) is 41.1 Å². The van der Waals surface area contributed by atoms with Crippen LogP contribution in [0.1, 0.15) is 4.88 Å². The molecule has 0 aliphatic heterocycles. The maximum Gasteiger partial charge on any atom is 0.415 e. The van der Waals surface area contributed by atoms with E-state index in [1.54, 1.807) is 33.3 Å². The fourth-order valence-corrected chi connectivity index (χ4v) is 2.29. The first-order chi connectivity index (χ1) is 8.16. The van der Waals surface area contributed by atoms with Crippen LogP contribution in [0.3, 0.4) is 0 Å².